The molecule has 2 N–H and O–H groups in total. The molecule has 2 aromatic carbocycles. The molecule has 7 heteroatoms. The van der Waals surface area contributed by atoms with Crippen molar-refractivity contribution in [1.82, 2.24) is 14.5 Å². The van der Waals surface area contributed by atoms with E-state index in [9.17, 15) is 9.90 Å². The molecule has 2 heterocycles. The average Bonchev–Trinajstić information content (AvgIpc) is 3.13. The maximum atomic E-state index is 11.6. The second-order valence-electron chi connectivity index (χ2n) is 8.52. The number of anilines is 2. The monoisotopic (exact) mass is 458 g/mol. The van der Waals surface area contributed by atoms with Gasteiger partial charge in [0.1, 0.15) is 11.4 Å². The van der Waals surface area contributed by atoms with Crippen molar-refractivity contribution >= 4 is 28.6 Å². The second kappa shape index (κ2) is 9.95. The van der Waals surface area contributed by atoms with E-state index in [-0.39, 0.29) is 11.7 Å². The number of pyridine rings is 1. The van der Waals surface area contributed by atoms with E-state index in [0.29, 0.717) is 37.6 Å². The maximum absolute atomic E-state index is 11.6. The molecule has 4 rings (SSSR count). The summed E-state index contributed by atoms with van der Waals surface area (Å²) in [5.41, 5.74) is 7.51. The number of aromatic hydroxyl groups is 1. The topological polar surface area (TPSA) is 89.3 Å². The lowest BCUT2D eigenvalue weighted by Gasteiger charge is -2.13. The van der Waals surface area contributed by atoms with Crippen molar-refractivity contribution in [2.45, 2.75) is 47.1 Å². The number of aromatic nitrogens is 3. The van der Waals surface area contributed by atoms with Gasteiger partial charge in [0.15, 0.2) is 0 Å². The molecule has 0 spiro atoms. The number of carbonyl (C=O) groups is 1. The van der Waals surface area contributed by atoms with Crippen molar-refractivity contribution in [3.63, 3.8) is 0 Å². The molecule has 7 nitrogen and oxygen atoms in total. The molecule has 0 fully saturated rings. The number of nitrogens with zero attached hydrogens (tertiary/aromatic N) is 3. The van der Waals surface area contributed by atoms with Crippen molar-refractivity contribution in [1.29, 1.82) is 0 Å². The van der Waals surface area contributed by atoms with Crippen molar-refractivity contribution in [3.05, 3.63) is 76.6 Å². The fraction of sp³-hybridized carbons (Fsp3) is 0.296. The minimum absolute atomic E-state index is 0.161. The number of benzene rings is 2. The Morgan fingerprint density at radius 1 is 1.06 bits per heavy atom. The molecule has 0 atom stereocenters. The summed E-state index contributed by atoms with van der Waals surface area (Å²) in [4.78, 5) is 21.0. The second-order valence-corrected chi connectivity index (χ2v) is 8.52. The highest BCUT2D eigenvalue weighted by Gasteiger charge is 2.16. The fourth-order valence-electron chi connectivity index (χ4n) is 4.06. The van der Waals surface area contributed by atoms with Crippen LogP contribution in [0.3, 0.4) is 0 Å². The van der Waals surface area contributed by atoms with Gasteiger partial charge in [-0.1, -0.05) is 18.2 Å². The van der Waals surface area contributed by atoms with Gasteiger partial charge < -0.3 is 19.7 Å². The van der Waals surface area contributed by atoms with Crippen molar-refractivity contribution in [2.75, 3.05) is 11.9 Å². The first kappa shape index (κ1) is 23.3. The summed E-state index contributed by atoms with van der Waals surface area (Å²) in [6.45, 7) is 8.62. The standard InChI is InChI=1S/C27H30N4O3/c1-5-34-25(33)13-9-20-7-10-21(11-8-20)29-27-30-26-18(3)14-17(2)15-23(26)31(27)16-22-24(32)12-6-19(4)28-22/h6-8,10-12,14-15,32H,5,9,13,16H2,1-4H3,(H,29,30). The molecule has 0 unspecified atom stereocenters. The molecule has 2 aromatic heterocycles. The van der Waals surface area contributed by atoms with Gasteiger partial charge in [0.25, 0.3) is 0 Å². The third-order valence-corrected chi connectivity index (χ3v) is 5.72. The third-order valence-electron chi connectivity index (χ3n) is 5.72. The van der Waals surface area contributed by atoms with Gasteiger partial charge in [0.05, 0.1) is 24.2 Å². The average molecular weight is 459 g/mol. The van der Waals surface area contributed by atoms with E-state index in [1.54, 1.807) is 12.1 Å². The normalized spacial score (nSPS) is 11.1. The summed E-state index contributed by atoms with van der Waals surface area (Å²) in [6, 6.07) is 15.6. The molecule has 0 aliphatic heterocycles. The Hall–Kier alpha value is -3.87. The van der Waals surface area contributed by atoms with Crippen LogP contribution in [-0.2, 0) is 22.5 Å². The SMILES string of the molecule is CCOC(=O)CCc1ccc(Nc2nc3c(C)cc(C)cc3n2Cc2nc(C)ccc2O)cc1. The smallest absolute Gasteiger partial charge is 0.306 e. The molecule has 0 saturated heterocycles. The lowest BCUT2D eigenvalue weighted by molar-refractivity contribution is -0.143. The molecule has 4 aromatic rings. The van der Waals surface area contributed by atoms with Gasteiger partial charge in [0, 0.05) is 17.8 Å². The molecule has 0 radical (unpaired) electrons. The highest BCUT2D eigenvalue weighted by molar-refractivity contribution is 5.83. The summed E-state index contributed by atoms with van der Waals surface area (Å²) >= 11 is 0. The number of imidazole rings is 1. The Labute approximate surface area is 199 Å². The Morgan fingerprint density at radius 3 is 2.56 bits per heavy atom. The van der Waals surface area contributed by atoms with Gasteiger partial charge in [0.2, 0.25) is 5.95 Å². The first-order chi connectivity index (χ1) is 16.3. The number of ether oxygens (including phenoxy) is 1. The number of rotatable bonds is 8. The molecule has 0 aliphatic carbocycles. The lowest BCUT2D eigenvalue weighted by atomic mass is 10.1. The van der Waals surface area contributed by atoms with Crippen LogP contribution >= 0.6 is 0 Å². The quantitative estimate of drug-likeness (QED) is 0.346. The molecule has 34 heavy (non-hydrogen) atoms. The molecular formula is C27H30N4O3. The van der Waals surface area contributed by atoms with E-state index in [1.807, 2.05) is 42.7 Å². The number of hydrogen-bond acceptors (Lipinski definition) is 6. The Kier molecular flexibility index (Phi) is 6.82. The van der Waals surface area contributed by atoms with Gasteiger partial charge >= 0.3 is 5.97 Å². The van der Waals surface area contributed by atoms with Crippen LogP contribution in [0.25, 0.3) is 11.0 Å². The fourth-order valence-corrected chi connectivity index (χ4v) is 4.06. The van der Waals surface area contributed by atoms with Crippen molar-refractivity contribution in [3.8, 4) is 5.75 Å². The molecule has 0 saturated carbocycles. The van der Waals surface area contributed by atoms with Crippen LogP contribution in [0.15, 0.2) is 48.5 Å². The van der Waals surface area contributed by atoms with Crippen LogP contribution in [-0.4, -0.2) is 32.2 Å². The van der Waals surface area contributed by atoms with E-state index in [0.717, 1.165) is 39.1 Å². The highest BCUT2D eigenvalue weighted by Crippen LogP contribution is 2.29. The van der Waals surface area contributed by atoms with E-state index in [4.69, 9.17) is 9.72 Å². The molecular weight excluding hydrogens is 428 g/mol. The Balaban J connectivity index is 1.64. The predicted octanol–water partition coefficient (Wildman–Crippen LogP) is 5.35. The summed E-state index contributed by atoms with van der Waals surface area (Å²) < 4.78 is 7.05. The van der Waals surface area contributed by atoms with Crippen LogP contribution in [0.5, 0.6) is 5.75 Å². The number of fused-ring (bicyclic) bond motifs is 1. The van der Waals surface area contributed by atoms with Crippen LogP contribution in [0.4, 0.5) is 11.6 Å². The number of carbonyl (C=O) groups excluding carboxylic acids is 1. The largest absolute Gasteiger partial charge is 0.506 e. The number of nitrogens with one attached hydrogen (secondary N) is 1. The zero-order chi connectivity index (χ0) is 24.2. The summed E-state index contributed by atoms with van der Waals surface area (Å²) in [7, 11) is 0. The Morgan fingerprint density at radius 2 is 1.82 bits per heavy atom. The number of hydrogen-bond donors (Lipinski definition) is 2. The molecule has 0 amide bonds. The van der Waals surface area contributed by atoms with Gasteiger partial charge in [-0.15, -0.1) is 0 Å². The van der Waals surface area contributed by atoms with Gasteiger partial charge in [-0.25, -0.2) is 4.98 Å². The van der Waals surface area contributed by atoms with Crippen LogP contribution in [0.2, 0.25) is 0 Å². The first-order valence-corrected chi connectivity index (χ1v) is 11.5. The van der Waals surface area contributed by atoms with Crippen molar-refractivity contribution < 1.29 is 14.6 Å². The van der Waals surface area contributed by atoms with Gasteiger partial charge in [-0.3, -0.25) is 9.78 Å². The summed E-state index contributed by atoms with van der Waals surface area (Å²) in [5, 5.41) is 13.8. The first-order valence-electron chi connectivity index (χ1n) is 11.5. The highest BCUT2D eigenvalue weighted by atomic mass is 16.5. The zero-order valence-electron chi connectivity index (χ0n) is 20.1. The number of aryl methyl sites for hydroxylation is 4. The maximum Gasteiger partial charge on any atom is 0.306 e. The van der Waals surface area contributed by atoms with Gasteiger partial charge in [-0.05, 0) is 81.1 Å². The summed E-state index contributed by atoms with van der Waals surface area (Å²) in [6.07, 6.45) is 0.996. The minimum atomic E-state index is -0.183. The lowest BCUT2D eigenvalue weighted by Crippen LogP contribution is -2.07. The Bertz CT molecular complexity index is 1330. The van der Waals surface area contributed by atoms with E-state index in [1.165, 1.54) is 0 Å². The van der Waals surface area contributed by atoms with Crippen molar-refractivity contribution in [2.24, 2.45) is 0 Å². The van der Waals surface area contributed by atoms with Gasteiger partial charge in [-0.2, -0.15) is 0 Å². The van der Waals surface area contributed by atoms with E-state index in [2.05, 4.69) is 36.3 Å². The minimum Gasteiger partial charge on any atom is -0.506 e. The predicted molar refractivity (Wildman–Crippen MR) is 134 cm³/mol. The number of esters is 1. The molecule has 0 aliphatic rings. The molecule has 0 bridgehead atoms. The van der Waals surface area contributed by atoms with E-state index < -0.39 is 0 Å². The third kappa shape index (κ3) is 5.20. The van der Waals surface area contributed by atoms with E-state index >= 15 is 0 Å². The molecule has 176 valence electrons. The summed E-state index contributed by atoms with van der Waals surface area (Å²) in [5.74, 6) is 0.650. The van der Waals surface area contributed by atoms with Crippen LogP contribution in [0, 0.1) is 20.8 Å². The van der Waals surface area contributed by atoms with Crippen LogP contribution in [0.1, 0.15) is 41.4 Å². The zero-order valence-corrected chi connectivity index (χ0v) is 20.1. The van der Waals surface area contributed by atoms with Crippen LogP contribution < -0.4 is 5.32 Å².